The van der Waals surface area contributed by atoms with Crippen molar-refractivity contribution in [3.63, 3.8) is 0 Å². The number of aryl methyl sites for hydroxylation is 2. The first-order chi connectivity index (χ1) is 7.24. The summed E-state index contributed by atoms with van der Waals surface area (Å²) in [4.78, 5) is 4.20. The fraction of sp³-hybridized carbons (Fsp3) is 0.750. The maximum atomic E-state index is 4.20. The Morgan fingerprint density at radius 1 is 1.53 bits per heavy atom. The summed E-state index contributed by atoms with van der Waals surface area (Å²) in [5, 5.41) is 3.48. The molecule has 0 amide bonds. The quantitative estimate of drug-likeness (QED) is 0.698. The Morgan fingerprint density at radius 3 is 2.93 bits per heavy atom. The second kappa shape index (κ2) is 6.62. The number of aromatic nitrogens is 2. The van der Waals surface area contributed by atoms with Crippen LogP contribution in [0.5, 0.6) is 0 Å². The molecular formula is C12H23N3. The van der Waals surface area contributed by atoms with Gasteiger partial charge in [-0.05, 0) is 32.4 Å². The Hall–Kier alpha value is -0.830. The SMILES string of the molecule is CCC(C)CNCCCn1ccnc1C. The molecule has 0 aliphatic rings. The van der Waals surface area contributed by atoms with Gasteiger partial charge in [0, 0.05) is 18.9 Å². The van der Waals surface area contributed by atoms with E-state index in [1.54, 1.807) is 0 Å². The summed E-state index contributed by atoms with van der Waals surface area (Å²) >= 11 is 0. The molecule has 86 valence electrons. The third kappa shape index (κ3) is 4.47. The summed E-state index contributed by atoms with van der Waals surface area (Å²) in [6.07, 6.45) is 6.34. The van der Waals surface area contributed by atoms with E-state index in [4.69, 9.17) is 0 Å². The molecule has 0 aliphatic carbocycles. The van der Waals surface area contributed by atoms with Crippen molar-refractivity contribution in [2.24, 2.45) is 5.92 Å². The van der Waals surface area contributed by atoms with E-state index in [1.807, 2.05) is 19.3 Å². The van der Waals surface area contributed by atoms with Gasteiger partial charge in [-0.25, -0.2) is 4.98 Å². The molecule has 15 heavy (non-hydrogen) atoms. The lowest BCUT2D eigenvalue weighted by molar-refractivity contribution is 0.483. The second-order valence-electron chi connectivity index (χ2n) is 4.24. The topological polar surface area (TPSA) is 29.9 Å². The van der Waals surface area contributed by atoms with Crippen molar-refractivity contribution in [3.05, 3.63) is 18.2 Å². The third-order valence-corrected chi connectivity index (χ3v) is 2.87. The largest absolute Gasteiger partial charge is 0.335 e. The first-order valence-corrected chi connectivity index (χ1v) is 5.92. The number of imidazole rings is 1. The number of hydrogen-bond donors (Lipinski definition) is 1. The summed E-state index contributed by atoms with van der Waals surface area (Å²) in [6.45, 7) is 9.88. The van der Waals surface area contributed by atoms with E-state index in [-0.39, 0.29) is 0 Å². The van der Waals surface area contributed by atoms with Gasteiger partial charge in [-0.1, -0.05) is 20.3 Å². The fourth-order valence-corrected chi connectivity index (χ4v) is 1.51. The van der Waals surface area contributed by atoms with Gasteiger partial charge >= 0.3 is 0 Å². The summed E-state index contributed by atoms with van der Waals surface area (Å²) in [6, 6.07) is 0. The molecule has 1 heterocycles. The molecule has 1 aromatic heterocycles. The van der Waals surface area contributed by atoms with Crippen LogP contribution in [0, 0.1) is 12.8 Å². The molecule has 0 saturated heterocycles. The number of hydrogen-bond acceptors (Lipinski definition) is 2. The average Bonchev–Trinajstić information content (AvgIpc) is 2.63. The predicted octanol–water partition coefficient (Wildman–Crippen LogP) is 2.22. The molecule has 3 heteroatoms. The molecule has 0 saturated carbocycles. The molecular weight excluding hydrogens is 186 g/mol. The Bertz CT molecular complexity index is 268. The molecule has 0 bridgehead atoms. The highest BCUT2D eigenvalue weighted by Crippen LogP contribution is 1.98. The molecule has 0 aromatic carbocycles. The Balaban J connectivity index is 2.05. The summed E-state index contributed by atoms with van der Waals surface area (Å²) in [5.41, 5.74) is 0. The van der Waals surface area contributed by atoms with Crippen molar-refractivity contribution < 1.29 is 0 Å². The van der Waals surface area contributed by atoms with Gasteiger partial charge in [0.1, 0.15) is 5.82 Å². The number of nitrogens with zero attached hydrogens (tertiary/aromatic N) is 2. The van der Waals surface area contributed by atoms with Crippen LogP contribution < -0.4 is 5.32 Å². The van der Waals surface area contributed by atoms with Crippen molar-refractivity contribution in [1.82, 2.24) is 14.9 Å². The zero-order valence-electron chi connectivity index (χ0n) is 10.2. The van der Waals surface area contributed by atoms with Gasteiger partial charge in [-0.2, -0.15) is 0 Å². The monoisotopic (exact) mass is 209 g/mol. The second-order valence-corrected chi connectivity index (χ2v) is 4.24. The van der Waals surface area contributed by atoms with E-state index in [1.165, 1.54) is 12.8 Å². The zero-order valence-corrected chi connectivity index (χ0v) is 10.2. The number of nitrogens with one attached hydrogen (secondary N) is 1. The lowest BCUT2D eigenvalue weighted by Crippen LogP contribution is -2.22. The average molecular weight is 209 g/mol. The van der Waals surface area contributed by atoms with Gasteiger partial charge in [-0.15, -0.1) is 0 Å². The van der Waals surface area contributed by atoms with Crippen LogP contribution in [-0.2, 0) is 6.54 Å². The molecule has 0 spiro atoms. The van der Waals surface area contributed by atoms with Crippen LogP contribution in [0.15, 0.2) is 12.4 Å². The molecule has 0 radical (unpaired) electrons. The van der Waals surface area contributed by atoms with Crippen molar-refractivity contribution in [1.29, 1.82) is 0 Å². The molecule has 1 N–H and O–H groups in total. The van der Waals surface area contributed by atoms with Crippen LogP contribution in [0.25, 0.3) is 0 Å². The van der Waals surface area contributed by atoms with Gasteiger partial charge in [0.2, 0.25) is 0 Å². The van der Waals surface area contributed by atoms with E-state index >= 15 is 0 Å². The summed E-state index contributed by atoms with van der Waals surface area (Å²) in [7, 11) is 0. The number of rotatable bonds is 7. The Kier molecular flexibility index (Phi) is 5.40. The lowest BCUT2D eigenvalue weighted by Gasteiger charge is -2.10. The third-order valence-electron chi connectivity index (χ3n) is 2.87. The van der Waals surface area contributed by atoms with Crippen LogP contribution in [0.3, 0.4) is 0 Å². The predicted molar refractivity (Wildman–Crippen MR) is 63.9 cm³/mol. The minimum absolute atomic E-state index is 0.792. The van der Waals surface area contributed by atoms with Crippen LogP contribution >= 0.6 is 0 Å². The minimum Gasteiger partial charge on any atom is -0.335 e. The van der Waals surface area contributed by atoms with Crippen LogP contribution in [0.4, 0.5) is 0 Å². The maximum Gasteiger partial charge on any atom is 0.105 e. The minimum atomic E-state index is 0.792. The first-order valence-electron chi connectivity index (χ1n) is 5.92. The Labute approximate surface area is 92.9 Å². The molecule has 1 rings (SSSR count). The van der Waals surface area contributed by atoms with Gasteiger partial charge in [0.25, 0.3) is 0 Å². The normalized spacial score (nSPS) is 13.0. The zero-order chi connectivity index (χ0) is 11.1. The molecule has 3 nitrogen and oxygen atoms in total. The molecule has 0 fully saturated rings. The van der Waals surface area contributed by atoms with Crippen molar-refractivity contribution in [2.75, 3.05) is 13.1 Å². The highest BCUT2D eigenvalue weighted by atomic mass is 15.1. The lowest BCUT2D eigenvalue weighted by atomic mass is 10.1. The Morgan fingerprint density at radius 2 is 2.33 bits per heavy atom. The van der Waals surface area contributed by atoms with E-state index < -0.39 is 0 Å². The van der Waals surface area contributed by atoms with Gasteiger partial charge in [0.15, 0.2) is 0 Å². The van der Waals surface area contributed by atoms with Crippen LogP contribution in [-0.4, -0.2) is 22.6 Å². The molecule has 1 atom stereocenters. The highest BCUT2D eigenvalue weighted by Gasteiger charge is 1.98. The summed E-state index contributed by atoms with van der Waals surface area (Å²) in [5.74, 6) is 1.90. The summed E-state index contributed by atoms with van der Waals surface area (Å²) < 4.78 is 2.20. The van der Waals surface area contributed by atoms with Crippen LogP contribution in [0.2, 0.25) is 0 Å². The van der Waals surface area contributed by atoms with E-state index in [9.17, 15) is 0 Å². The molecule has 0 aliphatic heterocycles. The van der Waals surface area contributed by atoms with Gasteiger partial charge in [0.05, 0.1) is 0 Å². The van der Waals surface area contributed by atoms with Crippen molar-refractivity contribution in [3.8, 4) is 0 Å². The highest BCUT2D eigenvalue weighted by molar-refractivity contribution is 4.88. The van der Waals surface area contributed by atoms with Crippen LogP contribution in [0.1, 0.15) is 32.5 Å². The van der Waals surface area contributed by atoms with Gasteiger partial charge < -0.3 is 9.88 Å². The fourth-order valence-electron chi connectivity index (χ4n) is 1.51. The van der Waals surface area contributed by atoms with E-state index in [2.05, 4.69) is 28.7 Å². The van der Waals surface area contributed by atoms with Gasteiger partial charge in [-0.3, -0.25) is 0 Å². The van der Waals surface area contributed by atoms with Crippen molar-refractivity contribution in [2.45, 2.75) is 40.2 Å². The molecule has 1 aromatic rings. The maximum absolute atomic E-state index is 4.20. The van der Waals surface area contributed by atoms with E-state index in [0.717, 1.165) is 31.4 Å². The van der Waals surface area contributed by atoms with Crippen molar-refractivity contribution >= 4 is 0 Å². The van der Waals surface area contributed by atoms with E-state index in [0.29, 0.717) is 0 Å². The smallest absolute Gasteiger partial charge is 0.105 e. The molecule has 1 unspecified atom stereocenters. The standard InChI is InChI=1S/C12H23N3/c1-4-11(2)10-13-6-5-8-15-9-7-14-12(15)3/h7,9,11,13H,4-6,8,10H2,1-3H3. The first kappa shape index (κ1) is 12.2.